The topological polar surface area (TPSA) is 66.6 Å². The molecule has 6 heteroatoms. The summed E-state index contributed by atoms with van der Waals surface area (Å²) in [5.74, 6) is -0.813. The number of rotatable bonds is 4. The van der Waals surface area contributed by atoms with Gasteiger partial charge in [0.05, 0.1) is 17.8 Å². The van der Waals surface area contributed by atoms with E-state index in [1.807, 2.05) is 6.92 Å². The second-order valence-corrected chi connectivity index (χ2v) is 5.33. The number of aliphatic hydroxyl groups is 1. The standard InChI is InChI=1S/C14H18FN3O2/c1-4-10-12(13(20)17-14(2,3)8-19)18-7-9(15)5-6-11(18)16-10/h5-7,19H,4,8H2,1-3H3,(H,17,20). The van der Waals surface area contributed by atoms with Crippen LogP contribution in [0.5, 0.6) is 0 Å². The van der Waals surface area contributed by atoms with E-state index in [0.717, 1.165) is 0 Å². The predicted molar refractivity (Wildman–Crippen MR) is 73.2 cm³/mol. The van der Waals surface area contributed by atoms with E-state index in [2.05, 4.69) is 10.3 Å². The smallest absolute Gasteiger partial charge is 0.270 e. The molecule has 0 saturated heterocycles. The third-order valence-electron chi connectivity index (χ3n) is 3.05. The van der Waals surface area contributed by atoms with Crippen LogP contribution in [0.1, 0.15) is 37.0 Å². The second-order valence-electron chi connectivity index (χ2n) is 5.33. The van der Waals surface area contributed by atoms with Crippen LogP contribution in [-0.2, 0) is 6.42 Å². The van der Waals surface area contributed by atoms with Gasteiger partial charge in [-0.05, 0) is 32.4 Å². The van der Waals surface area contributed by atoms with E-state index in [-0.39, 0.29) is 12.5 Å². The van der Waals surface area contributed by atoms with Crippen LogP contribution in [0.4, 0.5) is 4.39 Å². The van der Waals surface area contributed by atoms with Crippen LogP contribution < -0.4 is 5.32 Å². The first-order chi connectivity index (χ1) is 9.38. The Morgan fingerprint density at radius 2 is 2.20 bits per heavy atom. The number of hydrogen-bond donors (Lipinski definition) is 2. The molecule has 0 saturated carbocycles. The van der Waals surface area contributed by atoms with Gasteiger partial charge in [-0.25, -0.2) is 9.37 Å². The molecule has 0 aromatic carbocycles. The second kappa shape index (κ2) is 5.20. The molecule has 20 heavy (non-hydrogen) atoms. The molecule has 1 amide bonds. The van der Waals surface area contributed by atoms with Crippen molar-refractivity contribution in [1.29, 1.82) is 0 Å². The lowest BCUT2D eigenvalue weighted by Crippen LogP contribution is -2.46. The number of carbonyl (C=O) groups is 1. The molecule has 2 N–H and O–H groups in total. The van der Waals surface area contributed by atoms with E-state index in [1.54, 1.807) is 13.8 Å². The number of amides is 1. The van der Waals surface area contributed by atoms with Crippen LogP contribution in [0.25, 0.3) is 5.65 Å². The molecule has 0 radical (unpaired) electrons. The highest BCUT2D eigenvalue weighted by atomic mass is 19.1. The average Bonchev–Trinajstić information content (AvgIpc) is 2.75. The van der Waals surface area contributed by atoms with E-state index < -0.39 is 11.4 Å². The van der Waals surface area contributed by atoms with Crippen LogP contribution in [0, 0.1) is 5.82 Å². The summed E-state index contributed by atoms with van der Waals surface area (Å²) in [7, 11) is 0. The quantitative estimate of drug-likeness (QED) is 0.892. The number of aromatic nitrogens is 2. The molecule has 0 aliphatic rings. The first kappa shape index (κ1) is 14.5. The highest BCUT2D eigenvalue weighted by molar-refractivity contribution is 5.95. The maximum Gasteiger partial charge on any atom is 0.270 e. The fourth-order valence-corrected chi connectivity index (χ4v) is 1.96. The Balaban J connectivity index is 2.51. The van der Waals surface area contributed by atoms with Gasteiger partial charge >= 0.3 is 0 Å². The summed E-state index contributed by atoms with van der Waals surface area (Å²) < 4.78 is 14.8. The molecular weight excluding hydrogens is 261 g/mol. The van der Waals surface area contributed by atoms with Crippen LogP contribution in [0.3, 0.4) is 0 Å². The summed E-state index contributed by atoms with van der Waals surface area (Å²) >= 11 is 0. The van der Waals surface area contributed by atoms with Crippen LogP contribution in [0.2, 0.25) is 0 Å². The Kier molecular flexibility index (Phi) is 3.76. The number of aliphatic hydroxyl groups excluding tert-OH is 1. The van der Waals surface area contributed by atoms with Crippen molar-refractivity contribution in [3.05, 3.63) is 35.5 Å². The summed E-state index contributed by atoms with van der Waals surface area (Å²) in [6, 6.07) is 2.84. The number of carbonyl (C=O) groups excluding carboxylic acids is 1. The molecule has 5 nitrogen and oxygen atoms in total. The molecule has 0 atom stereocenters. The molecule has 108 valence electrons. The van der Waals surface area contributed by atoms with Crippen molar-refractivity contribution in [2.45, 2.75) is 32.7 Å². The van der Waals surface area contributed by atoms with Gasteiger partial charge < -0.3 is 10.4 Å². The summed E-state index contributed by atoms with van der Waals surface area (Å²) in [4.78, 5) is 16.7. The first-order valence-corrected chi connectivity index (χ1v) is 6.48. The molecule has 2 aromatic rings. The van der Waals surface area contributed by atoms with E-state index >= 15 is 0 Å². The lowest BCUT2D eigenvalue weighted by Gasteiger charge is -2.23. The van der Waals surface area contributed by atoms with Gasteiger partial charge in [-0.1, -0.05) is 6.92 Å². The third-order valence-corrected chi connectivity index (χ3v) is 3.05. The van der Waals surface area contributed by atoms with Crippen molar-refractivity contribution in [2.24, 2.45) is 0 Å². The van der Waals surface area contributed by atoms with Crippen LogP contribution in [0.15, 0.2) is 18.3 Å². The average molecular weight is 279 g/mol. The molecule has 0 aliphatic heterocycles. The maximum absolute atomic E-state index is 13.4. The van der Waals surface area contributed by atoms with Gasteiger partial charge in [0.2, 0.25) is 0 Å². The summed E-state index contributed by atoms with van der Waals surface area (Å²) in [5.41, 5.74) is 0.681. The van der Waals surface area contributed by atoms with E-state index in [1.165, 1.54) is 22.7 Å². The van der Waals surface area contributed by atoms with Crippen molar-refractivity contribution in [3.63, 3.8) is 0 Å². The lowest BCUT2D eigenvalue weighted by molar-refractivity contribution is 0.0862. The highest BCUT2D eigenvalue weighted by Gasteiger charge is 2.24. The zero-order chi connectivity index (χ0) is 14.9. The molecule has 0 spiro atoms. The SMILES string of the molecule is CCc1nc2ccc(F)cn2c1C(=O)NC(C)(C)CO. The number of fused-ring (bicyclic) bond motifs is 1. The summed E-state index contributed by atoms with van der Waals surface area (Å²) in [5, 5.41) is 11.9. The van der Waals surface area contributed by atoms with Gasteiger partial charge in [-0.2, -0.15) is 0 Å². The number of halogens is 1. The Bertz CT molecular complexity index is 649. The van der Waals surface area contributed by atoms with Gasteiger partial charge in [-0.15, -0.1) is 0 Å². The van der Waals surface area contributed by atoms with Gasteiger partial charge in [-0.3, -0.25) is 9.20 Å². The largest absolute Gasteiger partial charge is 0.394 e. The number of nitrogens with one attached hydrogen (secondary N) is 1. The minimum atomic E-state index is -0.750. The molecular formula is C14H18FN3O2. The predicted octanol–water partition coefficient (Wildman–Crippen LogP) is 1.54. The molecule has 0 aliphatic carbocycles. The molecule has 2 rings (SSSR count). The normalized spacial score (nSPS) is 11.8. The number of aryl methyl sites for hydroxylation is 1. The molecule has 2 heterocycles. The van der Waals surface area contributed by atoms with E-state index in [4.69, 9.17) is 0 Å². The number of pyridine rings is 1. The number of hydrogen-bond acceptors (Lipinski definition) is 3. The molecule has 0 fully saturated rings. The van der Waals surface area contributed by atoms with Gasteiger partial charge in [0, 0.05) is 6.20 Å². The lowest BCUT2D eigenvalue weighted by atomic mass is 10.1. The van der Waals surface area contributed by atoms with Gasteiger partial charge in [0.1, 0.15) is 17.2 Å². The zero-order valence-electron chi connectivity index (χ0n) is 11.8. The van der Waals surface area contributed by atoms with Crippen LogP contribution in [-0.4, -0.2) is 32.5 Å². The Hall–Kier alpha value is -1.95. The Morgan fingerprint density at radius 3 is 2.80 bits per heavy atom. The molecule has 0 unspecified atom stereocenters. The van der Waals surface area contributed by atoms with Crippen LogP contribution >= 0.6 is 0 Å². The third kappa shape index (κ3) is 2.65. The Morgan fingerprint density at radius 1 is 1.50 bits per heavy atom. The first-order valence-electron chi connectivity index (χ1n) is 6.48. The monoisotopic (exact) mass is 279 g/mol. The minimum absolute atomic E-state index is 0.189. The molecule has 0 bridgehead atoms. The van der Waals surface area contributed by atoms with Crippen molar-refractivity contribution >= 4 is 11.6 Å². The molecule has 2 aromatic heterocycles. The van der Waals surface area contributed by atoms with Crippen molar-refractivity contribution in [3.8, 4) is 0 Å². The van der Waals surface area contributed by atoms with E-state index in [0.29, 0.717) is 23.5 Å². The summed E-state index contributed by atoms with van der Waals surface area (Å²) in [6.45, 7) is 5.11. The van der Waals surface area contributed by atoms with Crippen molar-refractivity contribution < 1.29 is 14.3 Å². The minimum Gasteiger partial charge on any atom is -0.394 e. The highest BCUT2D eigenvalue weighted by Crippen LogP contribution is 2.15. The maximum atomic E-state index is 13.4. The summed E-state index contributed by atoms with van der Waals surface area (Å²) in [6.07, 6.45) is 1.80. The van der Waals surface area contributed by atoms with Crippen molar-refractivity contribution in [2.75, 3.05) is 6.61 Å². The van der Waals surface area contributed by atoms with E-state index in [9.17, 15) is 14.3 Å². The zero-order valence-corrected chi connectivity index (χ0v) is 11.8. The van der Waals surface area contributed by atoms with Gasteiger partial charge in [0.25, 0.3) is 5.91 Å². The number of imidazole rings is 1. The fraction of sp³-hybridized carbons (Fsp3) is 0.429. The number of nitrogens with zero attached hydrogens (tertiary/aromatic N) is 2. The Labute approximate surface area is 116 Å². The fourth-order valence-electron chi connectivity index (χ4n) is 1.96. The van der Waals surface area contributed by atoms with Gasteiger partial charge in [0.15, 0.2) is 0 Å². The van der Waals surface area contributed by atoms with Crippen molar-refractivity contribution in [1.82, 2.24) is 14.7 Å².